The summed E-state index contributed by atoms with van der Waals surface area (Å²) in [6, 6.07) is 25.7. The molecule has 3 aromatic rings. The predicted molar refractivity (Wildman–Crippen MR) is 110 cm³/mol. The SMILES string of the molecule is O=C(CNC(=O)c1ccccc1Cl)NN=C(c1ccccc1)c1ccccc1. The minimum atomic E-state index is -0.440. The molecular formula is C22H18ClN3O2. The van der Waals surface area contributed by atoms with E-state index in [9.17, 15) is 9.59 Å². The van der Waals surface area contributed by atoms with Crippen LogP contribution in [0.2, 0.25) is 5.02 Å². The summed E-state index contributed by atoms with van der Waals surface area (Å²) in [4.78, 5) is 24.3. The Labute approximate surface area is 168 Å². The van der Waals surface area contributed by atoms with Crippen molar-refractivity contribution >= 4 is 29.1 Å². The lowest BCUT2D eigenvalue weighted by atomic mass is 10.0. The Bertz CT molecular complexity index is 947. The molecule has 0 bridgehead atoms. The molecule has 2 N–H and O–H groups in total. The first kappa shape index (κ1) is 19.3. The van der Waals surface area contributed by atoms with Gasteiger partial charge in [-0.25, -0.2) is 5.43 Å². The lowest BCUT2D eigenvalue weighted by Crippen LogP contribution is -2.35. The maximum absolute atomic E-state index is 12.2. The Morgan fingerprint density at radius 2 is 1.32 bits per heavy atom. The van der Waals surface area contributed by atoms with Crippen LogP contribution >= 0.6 is 11.6 Å². The number of nitrogens with zero attached hydrogens (tertiary/aromatic N) is 1. The fourth-order valence-corrected chi connectivity index (χ4v) is 2.77. The number of hydrogen-bond acceptors (Lipinski definition) is 3. The van der Waals surface area contributed by atoms with Crippen molar-refractivity contribution in [1.29, 1.82) is 0 Å². The summed E-state index contributed by atoms with van der Waals surface area (Å²) in [6.45, 7) is -0.218. The fourth-order valence-electron chi connectivity index (χ4n) is 2.55. The van der Waals surface area contributed by atoms with E-state index in [1.165, 1.54) is 0 Å². The third-order valence-electron chi connectivity index (χ3n) is 3.91. The molecule has 0 aliphatic heterocycles. The molecule has 0 spiro atoms. The number of amides is 2. The van der Waals surface area contributed by atoms with Crippen LogP contribution in [0.4, 0.5) is 0 Å². The van der Waals surface area contributed by atoms with Gasteiger partial charge >= 0.3 is 0 Å². The minimum Gasteiger partial charge on any atom is -0.343 e. The van der Waals surface area contributed by atoms with Crippen LogP contribution < -0.4 is 10.7 Å². The molecular weight excluding hydrogens is 374 g/mol. The second-order valence-electron chi connectivity index (χ2n) is 5.89. The summed E-state index contributed by atoms with van der Waals surface area (Å²) in [6.07, 6.45) is 0. The second-order valence-corrected chi connectivity index (χ2v) is 6.30. The zero-order chi connectivity index (χ0) is 19.8. The van der Waals surface area contributed by atoms with Gasteiger partial charge in [0.25, 0.3) is 11.8 Å². The van der Waals surface area contributed by atoms with Crippen molar-refractivity contribution in [3.8, 4) is 0 Å². The largest absolute Gasteiger partial charge is 0.343 e. The van der Waals surface area contributed by atoms with Gasteiger partial charge in [-0.05, 0) is 12.1 Å². The molecule has 0 heterocycles. The summed E-state index contributed by atoms with van der Waals surface area (Å²) in [5.41, 5.74) is 5.19. The Morgan fingerprint density at radius 1 is 0.786 bits per heavy atom. The van der Waals surface area contributed by atoms with Crippen molar-refractivity contribution in [3.05, 3.63) is 107 Å². The summed E-state index contributed by atoms with van der Waals surface area (Å²) in [5.74, 6) is -0.860. The third kappa shape index (κ3) is 5.05. The number of hydrazone groups is 1. The highest BCUT2D eigenvalue weighted by atomic mass is 35.5. The van der Waals surface area contributed by atoms with E-state index >= 15 is 0 Å². The number of hydrogen-bond donors (Lipinski definition) is 2. The predicted octanol–water partition coefficient (Wildman–Crippen LogP) is 3.64. The monoisotopic (exact) mass is 391 g/mol. The van der Waals surface area contributed by atoms with E-state index in [0.29, 0.717) is 16.3 Å². The second kappa shape index (κ2) is 9.48. The van der Waals surface area contributed by atoms with Gasteiger partial charge in [-0.1, -0.05) is 84.4 Å². The maximum atomic E-state index is 12.2. The number of carbonyl (C=O) groups is 2. The van der Waals surface area contributed by atoms with Gasteiger partial charge in [0.1, 0.15) is 0 Å². The number of carbonyl (C=O) groups excluding carboxylic acids is 2. The molecule has 140 valence electrons. The number of halogens is 1. The quantitative estimate of drug-likeness (QED) is 0.497. The zero-order valence-electron chi connectivity index (χ0n) is 14.9. The lowest BCUT2D eigenvalue weighted by Gasteiger charge is -2.09. The van der Waals surface area contributed by atoms with E-state index in [-0.39, 0.29) is 6.54 Å². The molecule has 0 saturated heterocycles. The molecule has 0 atom stereocenters. The molecule has 3 rings (SSSR count). The van der Waals surface area contributed by atoms with Gasteiger partial charge in [-0.3, -0.25) is 9.59 Å². The summed E-state index contributed by atoms with van der Waals surface area (Å²) >= 11 is 5.99. The van der Waals surface area contributed by atoms with Gasteiger partial charge in [0.15, 0.2) is 0 Å². The molecule has 0 fully saturated rings. The van der Waals surface area contributed by atoms with E-state index < -0.39 is 11.8 Å². The molecule has 0 radical (unpaired) electrons. The topological polar surface area (TPSA) is 70.6 Å². The average molecular weight is 392 g/mol. The molecule has 0 saturated carbocycles. The molecule has 2 amide bonds. The van der Waals surface area contributed by atoms with Gasteiger partial charge < -0.3 is 5.32 Å². The van der Waals surface area contributed by atoms with Crippen molar-refractivity contribution in [1.82, 2.24) is 10.7 Å². The summed E-state index contributed by atoms with van der Waals surface area (Å²) < 4.78 is 0. The van der Waals surface area contributed by atoms with Crippen LogP contribution in [-0.2, 0) is 4.79 Å². The Hall–Kier alpha value is -3.44. The first-order valence-electron chi connectivity index (χ1n) is 8.65. The lowest BCUT2D eigenvalue weighted by molar-refractivity contribution is -0.120. The third-order valence-corrected chi connectivity index (χ3v) is 4.24. The summed E-state index contributed by atoms with van der Waals surface area (Å²) in [5, 5.41) is 7.14. The molecule has 28 heavy (non-hydrogen) atoms. The number of benzene rings is 3. The van der Waals surface area contributed by atoms with Crippen LogP contribution in [0.25, 0.3) is 0 Å². The van der Waals surface area contributed by atoms with E-state index in [1.807, 2.05) is 60.7 Å². The summed E-state index contributed by atoms with van der Waals surface area (Å²) in [7, 11) is 0. The smallest absolute Gasteiger partial charge is 0.259 e. The molecule has 5 nitrogen and oxygen atoms in total. The Kier molecular flexibility index (Phi) is 6.54. The van der Waals surface area contributed by atoms with Crippen molar-refractivity contribution in [2.24, 2.45) is 5.10 Å². The van der Waals surface area contributed by atoms with Crippen LogP contribution in [0.3, 0.4) is 0 Å². The number of rotatable bonds is 6. The molecule has 6 heteroatoms. The highest BCUT2D eigenvalue weighted by Crippen LogP contribution is 2.14. The maximum Gasteiger partial charge on any atom is 0.259 e. The highest BCUT2D eigenvalue weighted by Gasteiger charge is 2.12. The van der Waals surface area contributed by atoms with Gasteiger partial charge in [0.2, 0.25) is 0 Å². The Morgan fingerprint density at radius 3 is 1.89 bits per heavy atom. The normalized spacial score (nSPS) is 10.0. The van der Waals surface area contributed by atoms with E-state index in [1.54, 1.807) is 24.3 Å². The first-order valence-corrected chi connectivity index (χ1v) is 9.03. The van der Waals surface area contributed by atoms with Gasteiger partial charge in [0.05, 0.1) is 22.8 Å². The fraction of sp³-hybridized carbons (Fsp3) is 0.0455. The standard InChI is InChI=1S/C22H18ClN3O2/c23-19-14-8-7-13-18(19)22(28)24-15-20(27)25-26-21(16-9-3-1-4-10-16)17-11-5-2-6-12-17/h1-14H,15H2,(H,24,28)(H,25,27). The minimum absolute atomic E-state index is 0.218. The van der Waals surface area contributed by atoms with Gasteiger partial charge in [-0.15, -0.1) is 0 Å². The molecule has 0 aliphatic rings. The molecule has 3 aromatic carbocycles. The van der Waals surface area contributed by atoms with Crippen molar-refractivity contribution in [2.45, 2.75) is 0 Å². The molecule has 0 aromatic heterocycles. The van der Waals surface area contributed by atoms with Crippen LogP contribution in [0.1, 0.15) is 21.5 Å². The van der Waals surface area contributed by atoms with Crippen LogP contribution in [0, 0.1) is 0 Å². The highest BCUT2D eigenvalue weighted by molar-refractivity contribution is 6.33. The van der Waals surface area contributed by atoms with Crippen LogP contribution in [0.5, 0.6) is 0 Å². The van der Waals surface area contributed by atoms with Crippen molar-refractivity contribution in [2.75, 3.05) is 6.54 Å². The van der Waals surface area contributed by atoms with Gasteiger partial charge in [0, 0.05) is 11.1 Å². The first-order chi connectivity index (χ1) is 13.6. The van der Waals surface area contributed by atoms with Gasteiger partial charge in [-0.2, -0.15) is 5.10 Å². The molecule has 0 aliphatic carbocycles. The zero-order valence-corrected chi connectivity index (χ0v) is 15.7. The van der Waals surface area contributed by atoms with E-state index in [4.69, 9.17) is 11.6 Å². The van der Waals surface area contributed by atoms with E-state index in [2.05, 4.69) is 15.8 Å². The Balaban J connectivity index is 1.68. The van der Waals surface area contributed by atoms with Crippen molar-refractivity contribution in [3.63, 3.8) is 0 Å². The van der Waals surface area contributed by atoms with E-state index in [0.717, 1.165) is 11.1 Å². The average Bonchev–Trinajstić information content (AvgIpc) is 2.74. The molecule has 0 unspecified atom stereocenters. The van der Waals surface area contributed by atoms with Crippen LogP contribution in [0.15, 0.2) is 90.0 Å². The van der Waals surface area contributed by atoms with Crippen LogP contribution in [-0.4, -0.2) is 24.1 Å². The number of nitrogens with one attached hydrogen (secondary N) is 2. The van der Waals surface area contributed by atoms with Crippen molar-refractivity contribution < 1.29 is 9.59 Å².